The van der Waals surface area contributed by atoms with Gasteiger partial charge in [0.05, 0.1) is 20.8 Å². The molecule has 0 radical (unpaired) electrons. The number of nitrogens with zero attached hydrogens (tertiary/aromatic N) is 3. The number of ether oxygens (including phenoxy) is 2. The standard InChI is InChI=1S/C26H30N4O3/c1-27-26(30-13-11-21-14-23(32-2)24(33-3)15-22(21)18-30)28-16-19-7-9-20(10-8-19)17-29-12-5-4-6-25(29)31/h4-10,12,14-15H,11,13,16-18H2,1-3H3,(H,27,28). The summed E-state index contributed by atoms with van der Waals surface area (Å²) in [5, 5.41) is 3.48. The van der Waals surface area contributed by atoms with Crippen molar-refractivity contribution in [3.63, 3.8) is 0 Å². The maximum absolute atomic E-state index is 11.9. The minimum absolute atomic E-state index is 0.00575. The lowest BCUT2D eigenvalue weighted by Crippen LogP contribution is -2.43. The fourth-order valence-corrected chi connectivity index (χ4v) is 4.13. The van der Waals surface area contributed by atoms with Crippen molar-refractivity contribution in [3.8, 4) is 11.5 Å². The van der Waals surface area contributed by atoms with Gasteiger partial charge in [-0.05, 0) is 46.9 Å². The van der Waals surface area contributed by atoms with E-state index < -0.39 is 0 Å². The number of aromatic nitrogens is 1. The van der Waals surface area contributed by atoms with Gasteiger partial charge >= 0.3 is 0 Å². The average Bonchev–Trinajstić information content (AvgIpc) is 2.85. The largest absolute Gasteiger partial charge is 0.493 e. The van der Waals surface area contributed by atoms with E-state index in [2.05, 4.69) is 51.6 Å². The molecule has 4 rings (SSSR count). The minimum atomic E-state index is 0.00575. The van der Waals surface area contributed by atoms with Crippen LogP contribution in [0.4, 0.5) is 0 Å². The second kappa shape index (κ2) is 10.3. The molecular formula is C26H30N4O3. The predicted molar refractivity (Wildman–Crippen MR) is 130 cm³/mol. The maximum atomic E-state index is 11.9. The van der Waals surface area contributed by atoms with Crippen molar-refractivity contribution in [3.05, 3.63) is 93.4 Å². The highest BCUT2D eigenvalue weighted by atomic mass is 16.5. The molecule has 2 aromatic carbocycles. The number of fused-ring (bicyclic) bond motifs is 1. The number of hydrogen-bond acceptors (Lipinski definition) is 4. The molecular weight excluding hydrogens is 416 g/mol. The molecule has 1 aromatic heterocycles. The molecule has 0 fully saturated rings. The van der Waals surface area contributed by atoms with Crippen molar-refractivity contribution in [2.24, 2.45) is 4.99 Å². The predicted octanol–water partition coefficient (Wildman–Crippen LogP) is 3.05. The SMILES string of the molecule is CN=C(NCc1ccc(Cn2ccccc2=O)cc1)N1CCc2cc(OC)c(OC)cc2C1. The van der Waals surface area contributed by atoms with Gasteiger partial charge in [-0.3, -0.25) is 9.79 Å². The van der Waals surface area contributed by atoms with E-state index in [1.165, 1.54) is 11.1 Å². The van der Waals surface area contributed by atoms with Crippen LogP contribution in [0.15, 0.2) is 70.6 Å². The van der Waals surface area contributed by atoms with Crippen molar-refractivity contribution in [2.45, 2.75) is 26.1 Å². The second-order valence-electron chi connectivity index (χ2n) is 8.03. The van der Waals surface area contributed by atoms with Gasteiger partial charge in [-0.2, -0.15) is 0 Å². The van der Waals surface area contributed by atoms with E-state index in [9.17, 15) is 4.79 Å². The third-order valence-electron chi connectivity index (χ3n) is 5.95. The van der Waals surface area contributed by atoms with Crippen molar-refractivity contribution >= 4 is 5.96 Å². The van der Waals surface area contributed by atoms with Gasteiger partial charge in [0.2, 0.25) is 0 Å². The van der Waals surface area contributed by atoms with E-state index in [1.807, 2.05) is 19.3 Å². The Morgan fingerprint density at radius 3 is 2.36 bits per heavy atom. The summed E-state index contributed by atoms with van der Waals surface area (Å²) < 4.78 is 12.6. The Hall–Kier alpha value is -3.74. The topological polar surface area (TPSA) is 68.1 Å². The molecule has 0 amide bonds. The van der Waals surface area contributed by atoms with E-state index in [4.69, 9.17) is 9.47 Å². The summed E-state index contributed by atoms with van der Waals surface area (Å²) >= 11 is 0. The van der Waals surface area contributed by atoms with E-state index in [1.54, 1.807) is 30.9 Å². The maximum Gasteiger partial charge on any atom is 0.250 e. The lowest BCUT2D eigenvalue weighted by Gasteiger charge is -2.32. The Labute approximate surface area is 194 Å². The summed E-state index contributed by atoms with van der Waals surface area (Å²) in [4.78, 5) is 18.7. The Balaban J connectivity index is 1.38. The monoisotopic (exact) mass is 446 g/mol. The molecule has 0 bridgehead atoms. The quantitative estimate of drug-likeness (QED) is 0.466. The van der Waals surface area contributed by atoms with Gasteiger partial charge in [-0.1, -0.05) is 30.3 Å². The Kier molecular flexibility index (Phi) is 6.98. The first-order valence-corrected chi connectivity index (χ1v) is 11.0. The van der Waals surface area contributed by atoms with Crippen LogP contribution in [0.2, 0.25) is 0 Å². The van der Waals surface area contributed by atoms with Gasteiger partial charge in [-0.25, -0.2) is 0 Å². The minimum Gasteiger partial charge on any atom is -0.493 e. The van der Waals surface area contributed by atoms with Crippen LogP contribution in [-0.2, 0) is 26.1 Å². The van der Waals surface area contributed by atoms with Gasteiger partial charge in [0.1, 0.15) is 0 Å². The van der Waals surface area contributed by atoms with Crippen LogP contribution in [0.25, 0.3) is 0 Å². The zero-order chi connectivity index (χ0) is 23.2. The Morgan fingerprint density at radius 1 is 1.00 bits per heavy atom. The molecule has 33 heavy (non-hydrogen) atoms. The van der Waals surface area contributed by atoms with Gasteiger partial charge in [0.25, 0.3) is 5.56 Å². The summed E-state index contributed by atoms with van der Waals surface area (Å²) in [5.41, 5.74) is 4.76. The van der Waals surface area contributed by atoms with Crippen molar-refractivity contribution in [1.82, 2.24) is 14.8 Å². The lowest BCUT2D eigenvalue weighted by atomic mass is 9.99. The molecule has 7 nitrogen and oxygen atoms in total. The van der Waals surface area contributed by atoms with Gasteiger partial charge < -0.3 is 24.3 Å². The van der Waals surface area contributed by atoms with Crippen LogP contribution in [0.5, 0.6) is 11.5 Å². The molecule has 7 heteroatoms. The first kappa shape index (κ1) is 22.5. The Morgan fingerprint density at radius 2 is 1.70 bits per heavy atom. The number of nitrogens with one attached hydrogen (secondary N) is 1. The average molecular weight is 447 g/mol. The number of rotatable bonds is 6. The summed E-state index contributed by atoms with van der Waals surface area (Å²) in [6.07, 6.45) is 2.73. The Bertz CT molecular complexity index is 1180. The van der Waals surface area contributed by atoms with Crippen LogP contribution >= 0.6 is 0 Å². The van der Waals surface area contributed by atoms with Gasteiger partial charge in [0.15, 0.2) is 17.5 Å². The molecule has 1 aliphatic heterocycles. The van der Waals surface area contributed by atoms with Crippen molar-refractivity contribution in [2.75, 3.05) is 27.8 Å². The van der Waals surface area contributed by atoms with E-state index in [-0.39, 0.29) is 5.56 Å². The fraction of sp³-hybridized carbons (Fsp3) is 0.308. The number of methoxy groups -OCH3 is 2. The number of guanidine groups is 1. The van der Waals surface area contributed by atoms with Crippen LogP contribution < -0.4 is 20.3 Å². The molecule has 0 saturated heterocycles. The summed E-state index contributed by atoms with van der Waals surface area (Å²) in [6.45, 7) is 2.89. The van der Waals surface area contributed by atoms with Crippen LogP contribution in [-0.4, -0.2) is 43.2 Å². The molecule has 1 N–H and O–H groups in total. The highest BCUT2D eigenvalue weighted by Gasteiger charge is 2.21. The fourth-order valence-electron chi connectivity index (χ4n) is 4.13. The molecule has 0 aliphatic carbocycles. The van der Waals surface area contributed by atoms with Gasteiger partial charge in [-0.15, -0.1) is 0 Å². The molecule has 3 aromatic rings. The first-order chi connectivity index (χ1) is 16.1. The summed E-state index contributed by atoms with van der Waals surface area (Å²) in [6, 6.07) is 17.7. The lowest BCUT2D eigenvalue weighted by molar-refractivity contribution is 0.346. The molecule has 1 aliphatic rings. The van der Waals surface area contributed by atoms with Crippen molar-refractivity contribution < 1.29 is 9.47 Å². The van der Waals surface area contributed by atoms with Crippen molar-refractivity contribution in [1.29, 1.82) is 0 Å². The number of pyridine rings is 1. The number of benzene rings is 2. The molecule has 0 saturated carbocycles. The van der Waals surface area contributed by atoms with Crippen LogP contribution in [0.1, 0.15) is 22.3 Å². The summed E-state index contributed by atoms with van der Waals surface area (Å²) in [7, 11) is 5.14. The zero-order valence-corrected chi connectivity index (χ0v) is 19.4. The first-order valence-electron chi connectivity index (χ1n) is 11.0. The summed E-state index contributed by atoms with van der Waals surface area (Å²) in [5.74, 6) is 2.39. The number of hydrogen-bond donors (Lipinski definition) is 1. The van der Waals surface area contributed by atoms with Gasteiger partial charge in [0, 0.05) is 38.9 Å². The molecule has 0 atom stereocenters. The van der Waals surface area contributed by atoms with Crippen LogP contribution in [0.3, 0.4) is 0 Å². The molecule has 0 spiro atoms. The molecule has 2 heterocycles. The van der Waals surface area contributed by atoms with Crippen LogP contribution in [0, 0.1) is 0 Å². The molecule has 0 unspecified atom stereocenters. The normalized spacial score (nSPS) is 13.4. The second-order valence-corrected chi connectivity index (χ2v) is 8.03. The van der Waals surface area contributed by atoms with E-state index >= 15 is 0 Å². The highest BCUT2D eigenvalue weighted by Crippen LogP contribution is 2.33. The smallest absolute Gasteiger partial charge is 0.250 e. The zero-order valence-electron chi connectivity index (χ0n) is 19.4. The third-order valence-corrected chi connectivity index (χ3v) is 5.95. The van der Waals surface area contributed by atoms with E-state index in [0.29, 0.717) is 13.1 Å². The number of aliphatic imine (C=N–C) groups is 1. The molecule has 172 valence electrons. The van der Waals surface area contributed by atoms with E-state index in [0.717, 1.165) is 48.1 Å². The highest BCUT2D eigenvalue weighted by molar-refractivity contribution is 5.80. The third kappa shape index (κ3) is 5.19.